The monoisotopic (exact) mass is 492 g/mol. The van der Waals surface area contributed by atoms with Crippen LogP contribution in [0.15, 0.2) is 66.7 Å². The summed E-state index contributed by atoms with van der Waals surface area (Å²) < 4.78 is 0. The van der Waals surface area contributed by atoms with Crippen molar-refractivity contribution in [3.63, 3.8) is 0 Å². The summed E-state index contributed by atoms with van der Waals surface area (Å²) in [4.78, 5) is 28.0. The molecule has 0 aromatic heterocycles. The maximum Gasteiger partial charge on any atom is 0.251 e. The normalized spacial score (nSPS) is 19.4. The highest BCUT2D eigenvalue weighted by Gasteiger charge is 2.31. The van der Waals surface area contributed by atoms with E-state index in [4.69, 9.17) is 17.3 Å². The highest BCUT2D eigenvalue weighted by atomic mass is 35.5. The van der Waals surface area contributed by atoms with E-state index in [0.717, 1.165) is 22.8 Å². The molecule has 0 bridgehead atoms. The van der Waals surface area contributed by atoms with Gasteiger partial charge in [-0.2, -0.15) is 0 Å². The van der Waals surface area contributed by atoms with Gasteiger partial charge in [0.25, 0.3) is 5.91 Å². The average Bonchev–Trinajstić information content (AvgIpc) is 3.01. The van der Waals surface area contributed by atoms with Crippen LogP contribution in [0, 0.1) is 0 Å². The first-order valence-electron chi connectivity index (χ1n) is 12.2. The van der Waals surface area contributed by atoms with Gasteiger partial charge in [0.15, 0.2) is 0 Å². The zero-order valence-corrected chi connectivity index (χ0v) is 20.8. The quantitative estimate of drug-likeness (QED) is 0.444. The third-order valence-electron chi connectivity index (χ3n) is 6.70. The fourth-order valence-electron chi connectivity index (χ4n) is 4.67. The molecule has 0 aliphatic carbocycles. The number of nitrogens with one attached hydrogen (secondary N) is 2. The van der Waals surface area contributed by atoms with Crippen LogP contribution < -0.4 is 16.4 Å². The average molecular weight is 493 g/mol. The summed E-state index contributed by atoms with van der Waals surface area (Å²) in [6, 6.07) is 21.1. The van der Waals surface area contributed by atoms with Crippen LogP contribution in [0.2, 0.25) is 5.02 Å². The number of amides is 2. The molecule has 1 aliphatic heterocycles. The van der Waals surface area contributed by atoms with Crippen LogP contribution in [0.25, 0.3) is 10.8 Å². The fraction of sp³-hybridized carbons (Fsp3) is 0.357. The molecule has 6 nitrogen and oxygen atoms in total. The molecule has 2 amide bonds. The molecule has 1 unspecified atom stereocenters. The minimum absolute atomic E-state index is 0.0178. The van der Waals surface area contributed by atoms with Gasteiger partial charge in [0.1, 0.15) is 0 Å². The van der Waals surface area contributed by atoms with Crippen molar-refractivity contribution < 1.29 is 9.59 Å². The number of hydrogen-bond donors (Lipinski definition) is 3. The third-order valence-corrected chi connectivity index (χ3v) is 6.96. The lowest BCUT2D eigenvalue weighted by Crippen LogP contribution is -2.49. The molecule has 35 heavy (non-hydrogen) atoms. The number of nitrogens with zero attached hydrogens (tertiary/aromatic N) is 1. The van der Waals surface area contributed by atoms with Gasteiger partial charge in [-0.1, -0.05) is 61.0 Å². The Balaban J connectivity index is 1.39. The van der Waals surface area contributed by atoms with Crippen molar-refractivity contribution in [2.45, 2.75) is 37.8 Å². The summed E-state index contributed by atoms with van der Waals surface area (Å²) in [5.41, 5.74) is 7.60. The van der Waals surface area contributed by atoms with Crippen molar-refractivity contribution in [2.75, 3.05) is 26.2 Å². The molecule has 3 aromatic carbocycles. The van der Waals surface area contributed by atoms with E-state index in [2.05, 4.69) is 17.6 Å². The van der Waals surface area contributed by atoms with Gasteiger partial charge in [0.05, 0.1) is 6.04 Å². The minimum atomic E-state index is -0.359. The van der Waals surface area contributed by atoms with Gasteiger partial charge in [-0.05, 0) is 65.9 Å². The predicted molar refractivity (Wildman–Crippen MR) is 142 cm³/mol. The Labute approximate surface area is 211 Å². The number of hydrogen-bond acceptors (Lipinski definition) is 4. The standard InChI is InChI=1S/C28H33ClN4O2/c1-19(20-8-10-24(29)11-9-20)18-33-15-13-25(32-26(12-14-30)28(33)35)17-31-27(34)23-7-6-21-4-2-3-5-22(21)16-23/h2-11,16,19,25-26,32H,12-15,17-18,30H2,1H3,(H,31,34)/t19?,25-,26-/m0/s1. The molecule has 4 N–H and O–H groups in total. The van der Waals surface area contributed by atoms with E-state index in [-0.39, 0.29) is 29.8 Å². The van der Waals surface area contributed by atoms with Crippen LogP contribution in [-0.2, 0) is 4.79 Å². The molecule has 1 heterocycles. The number of nitrogens with two attached hydrogens (primary N) is 1. The number of halogens is 1. The number of carbonyl (C=O) groups is 2. The first-order chi connectivity index (χ1) is 16.9. The van der Waals surface area contributed by atoms with Crippen LogP contribution >= 0.6 is 11.6 Å². The molecule has 3 atom stereocenters. The van der Waals surface area contributed by atoms with E-state index in [1.807, 2.05) is 71.6 Å². The van der Waals surface area contributed by atoms with Crippen LogP contribution in [-0.4, -0.2) is 55.0 Å². The maximum absolute atomic E-state index is 13.3. The van der Waals surface area contributed by atoms with Gasteiger partial charge in [0.2, 0.25) is 5.91 Å². The Hall–Kier alpha value is -2.93. The number of carbonyl (C=O) groups excluding carboxylic acids is 2. The smallest absolute Gasteiger partial charge is 0.251 e. The first kappa shape index (κ1) is 25.2. The van der Waals surface area contributed by atoms with Crippen molar-refractivity contribution in [3.8, 4) is 0 Å². The molecule has 0 radical (unpaired) electrons. The molecule has 1 aliphatic rings. The molecule has 1 fully saturated rings. The van der Waals surface area contributed by atoms with Crippen molar-refractivity contribution in [1.29, 1.82) is 0 Å². The van der Waals surface area contributed by atoms with Gasteiger partial charge in [-0.25, -0.2) is 0 Å². The summed E-state index contributed by atoms with van der Waals surface area (Å²) >= 11 is 6.03. The highest BCUT2D eigenvalue weighted by Crippen LogP contribution is 2.21. The van der Waals surface area contributed by atoms with E-state index >= 15 is 0 Å². The van der Waals surface area contributed by atoms with Crippen LogP contribution in [0.5, 0.6) is 0 Å². The Morgan fingerprint density at radius 3 is 2.63 bits per heavy atom. The maximum atomic E-state index is 13.3. The zero-order valence-electron chi connectivity index (χ0n) is 20.0. The van der Waals surface area contributed by atoms with Crippen LogP contribution in [0.4, 0.5) is 0 Å². The molecule has 0 saturated carbocycles. The molecule has 7 heteroatoms. The second-order valence-corrected chi connectivity index (χ2v) is 9.73. The van der Waals surface area contributed by atoms with Crippen molar-refractivity contribution >= 4 is 34.2 Å². The molecule has 4 rings (SSSR count). The second kappa shape index (κ2) is 11.7. The SMILES string of the molecule is CC(CN1CC[C@@H](CNC(=O)c2ccc3ccccc3c2)N[C@@H](CCN)C1=O)c1ccc(Cl)cc1. The Morgan fingerprint density at radius 1 is 1.14 bits per heavy atom. The van der Waals surface area contributed by atoms with Gasteiger partial charge in [0, 0.05) is 36.3 Å². The molecular weight excluding hydrogens is 460 g/mol. The number of fused-ring (bicyclic) bond motifs is 1. The molecule has 0 spiro atoms. The van der Waals surface area contributed by atoms with E-state index in [1.165, 1.54) is 0 Å². The van der Waals surface area contributed by atoms with E-state index < -0.39 is 0 Å². The lowest BCUT2D eigenvalue weighted by Gasteiger charge is -2.27. The summed E-state index contributed by atoms with van der Waals surface area (Å²) in [6.45, 7) is 4.23. The van der Waals surface area contributed by atoms with E-state index in [0.29, 0.717) is 43.2 Å². The van der Waals surface area contributed by atoms with Crippen molar-refractivity contribution in [1.82, 2.24) is 15.5 Å². The van der Waals surface area contributed by atoms with Crippen LogP contribution in [0.1, 0.15) is 41.6 Å². The number of benzene rings is 3. The molecule has 3 aromatic rings. The molecular formula is C28H33ClN4O2. The van der Waals surface area contributed by atoms with Gasteiger partial charge in [-0.3, -0.25) is 9.59 Å². The lowest BCUT2D eigenvalue weighted by molar-refractivity contribution is -0.133. The van der Waals surface area contributed by atoms with E-state index in [1.54, 1.807) is 0 Å². The van der Waals surface area contributed by atoms with Crippen molar-refractivity contribution in [2.24, 2.45) is 5.73 Å². The van der Waals surface area contributed by atoms with Gasteiger partial charge in [-0.15, -0.1) is 0 Å². The third kappa shape index (κ3) is 6.40. The Morgan fingerprint density at radius 2 is 1.89 bits per heavy atom. The lowest BCUT2D eigenvalue weighted by atomic mass is 10.00. The predicted octanol–water partition coefficient (Wildman–Crippen LogP) is 3.93. The number of rotatable bonds is 8. The highest BCUT2D eigenvalue weighted by molar-refractivity contribution is 6.30. The van der Waals surface area contributed by atoms with Crippen LogP contribution in [0.3, 0.4) is 0 Å². The summed E-state index contributed by atoms with van der Waals surface area (Å²) in [6.07, 6.45) is 1.30. The van der Waals surface area contributed by atoms with E-state index in [9.17, 15) is 9.59 Å². The summed E-state index contributed by atoms with van der Waals surface area (Å²) in [7, 11) is 0. The second-order valence-electron chi connectivity index (χ2n) is 9.29. The first-order valence-corrected chi connectivity index (χ1v) is 12.6. The fourth-order valence-corrected chi connectivity index (χ4v) is 4.80. The largest absolute Gasteiger partial charge is 0.350 e. The Bertz CT molecular complexity index is 1170. The van der Waals surface area contributed by atoms with Crippen molar-refractivity contribution in [3.05, 3.63) is 82.9 Å². The molecule has 1 saturated heterocycles. The Kier molecular flexibility index (Phi) is 8.39. The summed E-state index contributed by atoms with van der Waals surface area (Å²) in [5, 5.41) is 9.34. The zero-order chi connectivity index (χ0) is 24.8. The minimum Gasteiger partial charge on any atom is -0.350 e. The molecule has 184 valence electrons. The topological polar surface area (TPSA) is 87.5 Å². The van der Waals surface area contributed by atoms with Gasteiger partial charge < -0.3 is 21.3 Å². The summed E-state index contributed by atoms with van der Waals surface area (Å²) in [5.74, 6) is 0.134. The van der Waals surface area contributed by atoms with Gasteiger partial charge >= 0.3 is 0 Å².